The molecule has 0 aromatic rings. The summed E-state index contributed by atoms with van der Waals surface area (Å²) in [6.07, 6.45) is 1.56. The van der Waals surface area contributed by atoms with Crippen molar-refractivity contribution in [2.45, 2.75) is 33.0 Å². The fourth-order valence-electron chi connectivity index (χ4n) is 0.644. The summed E-state index contributed by atoms with van der Waals surface area (Å²) in [5, 5.41) is 0. The highest BCUT2D eigenvalue weighted by atomic mass is 35.5. The molecule has 4 heteroatoms. The normalized spacial score (nSPS) is 12.6. The summed E-state index contributed by atoms with van der Waals surface area (Å²) in [6, 6.07) is 0. The van der Waals surface area contributed by atoms with Gasteiger partial charge in [0.1, 0.15) is 5.88 Å². The molecule has 3 nitrogen and oxygen atoms in total. The van der Waals surface area contributed by atoms with Gasteiger partial charge in [0.2, 0.25) is 0 Å². The maximum atomic E-state index is 10.6. The van der Waals surface area contributed by atoms with Gasteiger partial charge in [0, 0.05) is 0 Å². The number of carbonyl (C=O) groups is 1. The van der Waals surface area contributed by atoms with Crippen molar-refractivity contribution in [2.75, 3.05) is 12.5 Å². The third-order valence-electron chi connectivity index (χ3n) is 1.26. The first-order chi connectivity index (χ1) is 5.70. The summed E-state index contributed by atoms with van der Waals surface area (Å²) >= 11 is 5.23. The Balaban J connectivity index is 3.32. The van der Waals surface area contributed by atoms with Crippen molar-refractivity contribution in [3.8, 4) is 0 Å². The van der Waals surface area contributed by atoms with E-state index in [9.17, 15) is 4.79 Å². The van der Waals surface area contributed by atoms with Crippen molar-refractivity contribution in [3.05, 3.63) is 0 Å². The van der Waals surface area contributed by atoms with E-state index < -0.39 is 12.3 Å². The highest BCUT2D eigenvalue weighted by Gasteiger charge is 2.06. The molecule has 1 atom stereocenters. The molecule has 0 saturated carbocycles. The van der Waals surface area contributed by atoms with Gasteiger partial charge in [-0.1, -0.05) is 13.3 Å². The van der Waals surface area contributed by atoms with E-state index in [2.05, 4.69) is 6.92 Å². The van der Waals surface area contributed by atoms with Crippen LogP contribution >= 0.6 is 11.6 Å². The van der Waals surface area contributed by atoms with Crippen molar-refractivity contribution < 1.29 is 14.3 Å². The SMILES string of the molecule is CCCCOC(C)OC(=O)CCl. The van der Waals surface area contributed by atoms with Gasteiger partial charge in [0.15, 0.2) is 6.29 Å². The van der Waals surface area contributed by atoms with Crippen molar-refractivity contribution in [2.24, 2.45) is 0 Å². The first-order valence-electron chi connectivity index (χ1n) is 4.07. The number of alkyl halides is 1. The molecule has 72 valence electrons. The van der Waals surface area contributed by atoms with Crippen molar-refractivity contribution >= 4 is 17.6 Å². The van der Waals surface area contributed by atoms with Crippen molar-refractivity contribution in [1.29, 1.82) is 0 Å². The maximum Gasteiger partial charge on any atom is 0.323 e. The van der Waals surface area contributed by atoms with Gasteiger partial charge in [-0.05, 0) is 13.3 Å². The molecule has 0 saturated heterocycles. The number of carbonyl (C=O) groups excluding carboxylic acids is 1. The number of ether oxygens (including phenoxy) is 2. The van der Waals surface area contributed by atoms with Crippen LogP contribution in [0.5, 0.6) is 0 Å². The van der Waals surface area contributed by atoms with E-state index in [4.69, 9.17) is 21.1 Å². The molecule has 0 aliphatic rings. The van der Waals surface area contributed by atoms with Crippen LogP contribution < -0.4 is 0 Å². The molecule has 0 rings (SSSR count). The summed E-state index contributed by atoms with van der Waals surface area (Å²) in [5.41, 5.74) is 0. The molecule has 0 amide bonds. The summed E-state index contributed by atoms with van der Waals surface area (Å²) in [4.78, 5) is 10.6. The largest absolute Gasteiger partial charge is 0.435 e. The lowest BCUT2D eigenvalue weighted by atomic mass is 10.4. The van der Waals surface area contributed by atoms with E-state index in [1.807, 2.05) is 0 Å². The number of unbranched alkanes of at least 4 members (excludes halogenated alkanes) is 1. The van der Waals surface area contributed by atoms with E-state index in [0.29, 0.717) is 6.61 Å². The molecule has 12 heavy (non-hydrogen) atoms. The predicted octanol–water partition coefficient (Wildman–Crippen LogP) is 1.93. The monoisotopic (exact) mass is 194 g/mol. The third kappa shape index (κ3) is 6.43. The topological polar surface area (TPSA) is 35.5 Å². The second-order valence-corrected chi connectivity index (χ2v) is 2.68. The zero-order valence-electron chi connectivity index (χ0n) is 7.51. The molecular weight excluding hydrogens is 180 g/mol. The van der Waals surface area contributed by atoms with Gasteiger partial charge in [-0.15, -0.1) is 11.6 Å². The summed E-state index contributed by atoms with van der Waals surface area (Å²) < 4.78 is 9.91. The lowest BCUT2D eigenvalue weighted by Gasteiger charge is -2.12. The lowest BCUT2D eigenvalue weighted by molar-refractivity contribution is -0.171. The molecule has 0 radical (unpaired) electrons. The van der Waals surface area contributed by atoms with Crippen LogP contribution in [-0.4, -0.2) is 24.7 Å². The minimum absolute atomic E-state index is 0.124. The average molecular weight is 195 g/mol. The Bertz CT molecular complexity index is 127. The molecule has 0 fully saturated rings. The fraction of sp³-hybridized carbons (Fsp3) is 0.875. The lowest BCUT2D eigenvalue weighted by Crippen LogP contribution is -2.19. The fourth-order valence-corrected chi connectivity index (χ4v) is 0.707. The Labute approximate surface area is 78.0 Å². The smallest absolute Gasteiger partial charge is 0.323 e. The Morgan fingerprint density at radius 3 is 2.75 bits per heavy atom. The number of hydrogen-bond donors (Lipinski definition) is 0. The number of rotatable bonds is 6. The quantitative estimate of drug-likeness (QED) is 0.281. The second-order valence-electron chi connectivity index (χ2n) is 2.42. The van der Waals surface area contributed by atoms with Crippen LogP contribution in [0, 0.1) is 0 Å². The molecule has 0 aromatic carbocycles. The Morgan fingerprint density at radius 1 is 1.58 bits per heavy atom. The van der Waals surface area contributed by atoms with Gasteiger partial charge in [-0.25, -0.2) is 0 Å². The van der Waals surface area contributed by atoms with Crippen molar-refractivity contribution in [1.82, 2.24) is 0 Å². The molecular formula is C8H15ClO3. The molecule has 0 heterocycles. The Morgan fingerprint density at radius 2 is 2.25 bits per heavy atom. The highest BCUT2D eigenvalue weighted by molar-refractivity contribution is 6.26. The molecule has 1 unspecified atom stereocenters. The van der Waals surface area contributed by atoms with Gasteiger partial charge in [0.05, 0.1) is 6.61 Å². The maximum absolute atomic E-state index is 10.6. The molecule has 0 spiro atoms. The number of esters is 1. The number of halogens is 1. The number of hydrogen-bond acceptors (Lipinski definition) is 3. The van der Waals surface area contributed by atoms with Crippen LogP contribution in [0.15, 0.2) is 0 Å². The standard InChI is InChI=1S/C8H15ClO3/c1-3-4-5-11-7(2)12-8(10)6-9/h7H,3-6H2,1-2H3. The van der Waals surface area contributed by atoms with Crippen molar-refractivity contribution in [3.63, 3.8) is 0 Å². The zero-order chi connectivity index (χ0) is 9.40. The average Bonchev–Trinajstić information content (AvgIpc) is 2.05. The third-order valence-corrected chi connectivity index (χ3v) is 1.48. The Hall–Kier alpha value is -0.280. The zero-order valence-corrected chi connectivity index (χ0v) is 8.26. The second kappa shape index (κ2) is 7.37. The first-order valence-corrected chi connectivity index (χ1v) is 4.61. The van der Waals surface area contributed by atoms with Gasteiger partial charge in [-0.2, -0.15) is 0 Å². The van der Waals surface area contributed by atoms with E-state index in [1.54, 1.807) is 6.92 Å². The molecule has 0 N–H and O–H groups in total. The Kier molecular flexibility index (Phi) is 7.20. The summed E-state index contributed by atoms with van der Waals surface area (Å²) in [5.74, 6) is -0.567. The molecule has 0 aliphatic carbocycles. The minimum Gasteiger partial charge on any atom is -0.435 e. The van der Waals surface area contributed by atoms with E-state index in [-0.39, 0.29) is 5.88 Å². The van der Waals surface area contributed by atoms with Crippen LogP contribution in [0.2, 0.25) is 0 Å². The van der Waals surface area contributed by atoms with Gasteiger partial charge in [-0.3, -0.25) is 4.79 Å². The van der Waals surface area contributed by atoms with E-state index in [0.717, 1.165) is 12.8 Å². The van der Waals surface area contributed by atoms with Crippen LogP contribution in [-0.2, 0) is 14.3 Å². The minimum atomic E-state index is -0.484. The van der Waals surface area contributed by atoms with Gasteiger partial charge < -0.3 is 9.47 Å². The van der Waals surface area contributed by atoms with E-state index in [1.165, 1.54) is 0 Å². The van der Waals surface area contributed by atoms with Gasteiger partial charge >= 0.3 is 5.97 Å². The summed E-state index contributed by atoms with van der Waals surface area (Å²) in [7, 11) is 0. The molecule has 0 aromatic heterocycles. The van der Waals surface area contributed by atoms with Gasteiger partial charge in [0.25, 0.3) is 0 Å². The van der Waals surface area contributed by atoms with Crippen LogP contribution in [0.4, 0.5) is 0 Å². The predicted molar refractivity (Wildman–Crippen MR) is 47.1 cm³/mol. The highest BCUT2D eigenvalue weighted by Crippen LogP contribution is 1.97. The first kappa shape index (κ1) is 11.7. The van der Waals surface area contributed by atoms with E-state index >= 15 is 0 Å². The summed E-state index contributed by atoms with van der Waals surface area (Å²) in [6.45, 7) is 4.37. The molecule has 0 aliphatic heterocycles. The van der Waals surface area contributed by atoms with Crippen LogP contribution in [0.25, 0.3) is 0 Å². The van der Waals surface area contributed by atoms with Crippen LogP contribution in [0.3, 0.4) is 0 Å². The molecule has 0 bridgehead atoms. The van der Waals surface area contributed by atoms with Crippen LogP contribution in [0.1, 0.15) is 26.7 Å².